The summed E-state index contributed by atoms with van der Waals surface area (Å²) in [6.07, 6.45) is 12.0. The van der Waals surface area contributed by atoms with Gasteiger partial charge in [0.2, 0.25) is 17.8 Å². The van der Waals surface area contributed by atoms with Crippen molar-refractivity contribution in [1.29, 1.82) is 0 Å². The lowest BCUT2D eigenvalue weighted by Crippen LogP contribution is -2.30. The first-order valence-corrected chi connectivity index (χ1v) is 8.96. The van der Waals surface area contributed by atoms with E-state index in [0.717, 1.165) is 11.8 Å². The summed E-state index contributed by atoms with van der Waals surface area (Å²) in [7, 11) is 0. The largest absolute Gasteiger partial charge is 0.368 e. The van der Waals surface area contributed by atoms with E-state index in [1.807, 2.05) is 0 Å². The fourth-order valence-corrected chi connectivity index (χ4v) is 3.75. The summed E-state index contributed by atoms with van der Waals surface area (Å²) in [6.45, 7) is 0. The van der Waals surface area contributed by atoms with Crippen molar-refractivity contribution in [2.24, 2.45) is 23.3 Å². The van der Waals surface area contributed by atoms with Gasteiger partial charge in [0, 0.05) is 12.1 Å². The van der Waals surface area contributed by atoms with Crippen molar-refractivity contribution < 1.29 is 0 Å². The highest BCUT2D eigenvalue weighted by Crippen LogP contribution is 2.34. The Hall–Kier alpha value is -1.67. The van der Waals surface area contributed by atoms with Gasteiger partial charge in [-0.1, -0.05) is 0 Å². The van der Waals surface area contributed by atoms with Crippen LogP contribution in [0.25, 0.3) is 0 Å². The molecule has 2 saturated carbocycles. The van der Waals surface area contributed by atoms with Gasteiger partial charge in [-0.3, -0.25) is 0 Å². The van der Waals surface area contributed by atoms with Gasteiger partial charge >= 0.3 is 0 Å². The molecule has 1 heterocycles. The average molecular weight is 336 g/mol. The molecule has 0 unspecified atom stereocenters. The number of nitrogen functional groups attached to an aromatic ring is 3. The van der Waals surface area contributed by atoms with Gasteiger partial charge in [-0.05, 0) is 69.6 Å². The predicted molar refractivity (Wildman–Crippen MR) is 97.5 cm³/mol. The van der Waals surface area contributed by atoms with Crippen molar-refractivity contribution >= 4 is 17.8 Å². The van der Waals surface area contributed by atoms with Crippen LogP contribution in [0.1, 0.15) is 57.8 Å². The van der Waals surface area contributed by atoms with E-state index in [9.17, 15) is 0 Å². The molecule has 2 aliphatic carbocycles. The minimum absolute atomic E-state index is 0.0417. The monoisotopic (exact) mass is 336 g/mol. The first-order chi connectivity index (χ1) is 11.4. The van der Waals surface area contributed by atoms with E-state index < -0.39 is 0 Å². The molecule has 0 atom stereocenters. The van der Waals surface area contributed by atoms with Crippen LogP contribution in [-0.4, -0.2) is 27.0 Å². The van der Waals surface area contributed by atoms with Gasteiger partial charge in [0.1, 0.15) is 0 Å². The van der Waals surface area contributed by atoms with Crippen LogP contribution in [0.5, 0.6) is 0 Å². The molecule has 0 saturated heterocycles. The van der Waals surface area contributed by atoms with Crippen molar-refractivity contribution in [2.45, 2.75) is 69.9 Å². The summed E-state index contributed by atoms with van der Waals surface area (Å²) in [5.74, 6) is 2.08. The Bertz CT molecular complexity index is 422. The van der Waals surface area contributed by atoms with Gasteiger partial charge in [-0.25, -0.2) is 0 Å². The SMILES string of the molecule is NC1CCC(CC2CCC(N)CC2)CC1.Nc1nc(N)nc(N)n1. The molecule has 0 aromatic carbocycles. The molecule has 1 aromatic heterocycles. The van der Waals surface area contributed by atoms with Crippen molar-refractivity contribution in [2.75, 3.05) is 17.2 Å². The van der Waals surface area contributed by atoms with Gasteiger partial charge < -0.3 is 28.7 Å². The Labute approximate surface area is 144 Å². The number of nitrogens with zero attached hydrogens (tertiary/aromatic N) is 3. The minimum Gasteiger partial charge on any atom is -0.368 e. The van der Waals surface area contributed by atoms with Crippen molar-refractivity contribution in [3.05, 3.63) is 0 Å². The Balaban J connectivity index is 0.000000198. The third-order valence-electron chi connectivity index (χ3n) is 5.14. The van der Waals surface area contributed by atoms with Crippen molar-refractivity contribution in [3.8, 4) is 0 Å². The molecule has 10 N–H and O–H groups in total. The Morgan fingerprint density at radius 2 is 0.875 bits per heavy atom. The summed E-state index contributed by atoms with van der Waals surface area (Å²) < 4.78 is 0. The van der Waals surface area contributed by atoms with Crippen LogP contribution < -0.4 is 28.7 Å². The first kappa shape index (κ1) is 18.7. The molecule has 1 aromatic rings. The molecule has 0 radical (unpaired) electrons. The zero-order valence-corrected chi connectivity index (χ0v) is 14.4. The first-order valence-electron chi connectivity index (χ1n) is 8.96. The molecule has 3 rings (SSSR count). The lowest BCUT2D eigenvalue weighted by Gasteiger charge is -2.32. The van der Waals surface area contributed by atoms with Crippen LogP contribution in [0.4, 0.5) is 17.8 Å². The summed E-state index contributed by atoms with van der Waals surface area (Å²) in [6, 6.07) is 1.00. The van der Waals surface area contributed by atoms with Gasteiger partial charge in [-0.15, -0.1) is 0 Å². The fraction of sp³-hybridized carbons (Fsp3) is 0.812. The highest BCUT2D eigenvalue weighted by molar-refractivity contribution is 5.33. The smallest absolute Gasteiger partial charge is 0.226 e. The van der Waals surface area contributed by atoms with E-state index >= 15 is 0 Å². The Morgan fingerprint density at radius 3 is 1.17 bits per heavy atom. The Morgan fingerprint density at radius 1 is 0.583 bits per heavy atom. The molecule has 24 heavy (non-hydrogen) atoms. The zero-order valence-electron chi connectivity index (χ0n) is 14.4. The summed E-state index contributed by atoms with van der Waals surface area (Å²) in [5.41, 5.74) is 27.3. The van der Waals surface area contributed by atoms with Gasteiger partial charge in [-0.2, -0.15) is 15.0 Å². The van der Waals surface area contributed by atoms with Crippen LogP contribution in [0.3, 0.4) is 0 Å². The van der Waals surface area contributed by atoms with Crippen LogP contribution in [0.15, 0.2) is 0 Å². The fourth-order valence-electron chi connectivity index (χ4n) is 3.75. The number of hydrogen-bond donors (Lipinski definition) is 5. The van der Waals surface area contributed by atoms with Crippen LogP contribution >= 0.6 is 0 Å². The van der Waals surface area contributed by atoms with E-state index in [1.165, 1.54) is 57.8 Å². The molecule has 0 bridgehead atoms. The number of rotatable bonds is 2. The topological polar surface area (TPSA) is 169 Å². The molecule has 0 aliphatic heterocycles. The summed E-state index contributed by atoms with van der Waals surface area (Å²) >= 11 is 0. The molecule has 2 fully saturated rings. The van der Waals surface area contributed by atoms with Crippen LogP contribution in [-0.2, 0) is 0 Å². The Kier molecular flexibility index (Phi) is 6.99. The number of anilines is 3. The number of aromatic nitrogens is 3. The minimum atomic E-state index is 0.0417. The molecule has 136 valence electrons. The van der Waals surface area contributed by atoms with E-state index in [-0.39, 0.29) is 17.8 Å². The quantitative estimate of drug-likeness (QED) is 0.533. The maximum atomic E-state index is 5.93. The van der Waals surface area contributed by atoms with Crippen molar-refractivity contribution in [3.63, 3.8) is 0 Å². The third-order valence-corrected chi connectivity index (χ3v) is 5.14. The maximum absolute atomic E-state index is 5.93. The molecule has 2 aliphatic rings. The second-order valence-corrected chi connectivity index (χ2v) is 7.21. The van der Waals surface area contributed by atoms with E-state index in [2.05, 4.69) is 15.0 Å². The van der Waals surface area contributed by atoms with Crippen molar-refractivity contribution in [1.82, 2.24) is 15.0 Å². The highest BCUT2D eigenvalue weighted by Gasteiger charge is 2.24. The normalized spacial score (nSPS) is 30.2. The lowest BCUT2D eigenvalue weighted by molar-refractivity contribution is 0.225. The number of hydrogen-bond acceptors (Lipinski definition) is 8. The van der Waals surface area contributed by atoms with Crippen LogP contribution in [0, 0.1) is 11.8 Å². The average Bonchev–Trinajstić information content (AvgIpc) is 2.51. The van der Waals surface area contributed by atoms with Gasteiger partial charge in [0.05, 0.1) is 0 Å². The second kappa shape index (κ2) is 8.98. The summed E-state index contributed by atoms with van der Waals surface area (Å²) in [4.78, 5) is 10.5. The standard InChI is InChI=1S/C13H26N2.C3H6N6/c14-12-5-1-10(2-6-12)9-11-3-7-13(15)8-4-11;4-1-7-2(5)9-3(6)8-1/h10-13H,1-9,14-15H2;(H6,4,5,6,7,8,9). The molecule has 0 amide bonds. The molecular formula is C16H32N8. The highest BCUT2D eigenvalue weighted by atomic mass is 15.2. The summed E-state index contributed by atoms with van der Waals surface area (Å²) in [5, 5.41) is 0. The lowest BCUT2D eigenvalue weighted by atomic mass is 9.76. The van der Waals surface area contributed by atoms with Crippen LogP contribution in [0.2, 0.25) is 0 Å². The van der Waals surface area contributed by atoms with E-state index in [4.69, 9.17) is 28.7 Å². The third kappa shape index (κ3) is 6.45. The molecule has 0 spiro atoms. The molecule has 8 heteroatoms. The second-order valence-electron chi connectivity index (χ2n) is 7.21. The predicted octanol–water partition coefficient (Wildman–Crippen LogP) is 1.03. The van der Waals surface area contributed by atoms with Gasteiger partial charge in [0.15, 0.2) is 0 Å². The van der Waals surface area contributed by atoms with Gasteiger partial charge in [0.25, 0.3) is 0 Å². The van der Waals surface area contributed by atoms with E-state index in [0.29, 0.717) is 12.1 Å². The number of nitrogens with two attached hydrogens (primary N) is 5. The zero-order chi connectivity index (χ0) is 17.5. The maximum Gasteiger partial charge on any atom is 0.226 e. The van der Waals surface area contributed by atoms with E-state index in [1.54, 1.807) is 0 Å². The molecular weight excluding hydrogens is 304 g/mol. The molecule has 8 nitrogen and oxygen atoms in total.